The van der Waals surface area contributed by atoms with E-state index in [9.17, 15) is 24.6 Å². The van der Waals surface area contributed by atoms with Gasteiger partial charge in [-0.3, -0.25) is 0 Å². The van der Waals surface area contributed by atoms with Crippen molar-refractivity contribution in [3.8, 4) is 0 Å². The van der Waals surface area contributed by atoms with Crippen molar-refractivity contribution >= 4 is 33.8 Å². The number of carbonyl (C=O) groups excluding carboxylic acids is 2. The van der Waals surface area contributed by atoms with Gasteiger partial charge in [0, 0.05) is 15.6 Å². The summed E-state index contributed by atoms with van der Waals surface area (Å²) in [5.41, 5.74) is 1.74. The van der Waals surface area contributed by atoms with Crippen LogP contribution in [-0.2, 0) is 23.9 Å². The van der Waals surface area contributed by atoms with Crippen LogP contribution in [0.25, 0.3) is 0 Å². The SMILES string of the molecule is Cc1ccc(C(O)C(=O)OC(C(=O)OC(C(=O)O)c2ccccc2)c2ccc(Br)cc2)cc1. The Morgan fingerprint density at radius 3 is 1.82 bits per heavy atom. The van der Waals surface area contributed by atoms with E-state index in [0.29, 0.717) is 5.56 Å². The van der Waals surface area contributed by atoms with Gasteiger partial charge in [0.25, 0.3) is 0 Å². The number of ether oxygens (including phenoxy) is 2. The van der Waals surface area contributed by atoms with E-state index in [1.807, 2.05) is 6.92 Å². The highest BCUT2D eigenvalue weighted by Crippen LogP contribution is 2.28. The summed E-state index contributed by atoms with van der Waals surface area (Å²) in [5.74, 6) is -3.54. The average molecular weight is 513 g/mol. The second-order valence-electron chi connectivity index (χ2n) is 7.25. The first-order valence-electron chi connectivity index (χ1n) is 9.95. The van der Waals surface area contributed by atoms with Crippen LogP contribution < -0.4 is 0 Å². The lowest BCUT2D eigenvalue weighted by atomic mass is 10.1. The number of benzene rings is 3. The van der Waals surface area contributed by atoms with Gasteiger partial charge in [-0.25, -0.2) is 14.4 Å². The van der Waals surface area contributed by atoms with Crippen LogP contribution in [0.2, 0.25) is 0 Å². The third-order valence-corrected chi connectivity index (χ3v) is 5.33. The minimum atomic E-state index is -1.64. The number of esters is 2. The molecule has 7 nitrogen and oxygen atoms in total. The zero-order chi connectivity index (χ0) is 24.0. The molecule has 0 saturated carbocycles. The molecule has 0 aromatic heterocycles. The maximum Gasteiger partial charge on any atom is 0.353 e. The summed E-state index contributed by atoms with van der Waals surface area (Å²) in [6.45, 7) is 1.86. The number of aliphatic hydroxyl groups is 1. The molecule has 0 radical (unpaired) electrons. The van der Waals surface area contributed by atoms with Gasteiger partial charge in [-0.05, 0) is 24.6 Å². The van der Waals surface area contributed by atoms with Gasteiger partial charge < -0.3 is 19.7 Å². The molecule has 0 amide bonds. The molecule has 170 valence electrons. The van der Waals surface area contributed by atoms with Crippen molar-refractivity contribution < 1.29 is 34.1 Å². The van der Waals surface area contributed by atoms with E-state index in [4.69, 9.17) is 9.47 Å². The van der Waals surface area contributed by atoms with Crippen molar-refractivity contribution in [2.75, 3.05) is 0 Å². The molecular weight excluding hydrogens is 492 g/mol. The number of aryl methyl sites for hydroxylation is 1. The molecular formula is C25H21BrO7. The highest BCUT2D eigenvalue weighted by Gasteiger charge is 2.34. The fraction of sp³-hybridized carbons (Fsp3) is 0.160. The normalized spacial score (nSPS) is 13.4. The van der Waals surface area contributed by atoms with Crippen molar-refractivity contribution in [1.82, 2.24) is 0 Å². The molecule has 0 bridgehead atoms. The predicted octanol–water partition coefficient (Wildman–Crippen LogP) is 4.44. The Morgan fingerprint density at radius 1 is 0.727 bits per heavy atom. The Balaban J connectivity index is 1.86. The van der Waals surface area contributed by atoms with Gasteiger partial charge in [0.2, 0.25) is 12.2 Å². The summed E-state index contributed by atoms with van der Waals surface area (Å²) in [6.07, 6.45) is -4.82. The Morgan fingerprint density at radius 2 is 1.24 bits per heavy atom. The molecule has 3 aromatic rings. The average Bonchev–Trinajstić information content (AvgIpc) is 2.81. The minimum Gasteiger partial charge on any atom is -0.478 e. The van der Waals surface area contributed by atoms with E-state index in [1.165, 1.54) is 24.3 Å². The first-order chi connectivity index (χ1) is 15.8. The van der Waals surface area contributed by atoms with Crippen LogP contribution in [0.3, 0.4) is 0 Å². The Bertz CT molecular complexity index is 1110. The molecule has 0 spiro atoms. The quantitative estimate of drug-likeness (QED) is 0.429. The van der Waals surface area contributed by atoms with Gasteiger partial charge in [0.1, 0.15) is 0 Å². The van der Waals surface area contributed by atoms with Crippen molar-refractivity contribution in [3.05, 3.63) is 106 Å². The molecule has 0 saturated heterocycles. The van der Waals surface area contributed by atoms with E-state index in [-0.39, 0.29) is 11.1 Å². The maximum atomic E-state index is 13.0. The van der Waals surface area contributed by atoms with Crippen LogP contribution in [0, 0.1) is 6.92 Å². The molecule has 3 aromatic carbocycles. The molecule has 3 rings (SSSR count). The molecule has 0 heterocycles. The van der Waals surface area contributed by atoms with E-state index in [0.717, 1.165) is 10.0 Å². The van der Waals surface area contributed by atoms with E-state index in [1.54, 1.807) is 54.6 Å². The van der Waals surface area contributed by atoms with Crippen molar-refractivity contribution in [1.29, 1.82) is 0 Å². The van der Waals surface area contributed by atoms with E-state index < -0.39 is 36.2 Å². The molecule has 0 aliphatic rings. The number of carboxylic acids is 1. The lowest BCUT2D eigenvalue weighted by molar-refractivity contribution is -0.181. The number of hydrogen-bond donors (Lipinski definition) is 2. The highest BCUT2D eigenvalue weighted by molar-refractivity contribution is 9.10. The van der Waals surface area contributed by atoms with Crippen LogP contribution in [0.4, 0.5) is 0 Å². The van der Waals surface area contributed by atoms with Gasteiger partial charge in [-0.1, -0.05) is 88.2 Å². The molecule has 33 heavy (non-hydrogen) atoms. The Labute approximate surface area is 198 Å². The van der Waals surface area contributed by atoms with Gasteiger partial charge in [0.05, 0.1) is 0 Å². The summed E-state index contributed by atoms with van der Waals surface area (Å²) in [5, 5.41) is 20.0. The van der Waals surface area contributed by atoms with Crippen molar-refractivity contribution in [3.63, 3.8) is 0 Å². The van der Waals surface area contributed by atoms with Gasteiger partial charge in [-0.2, -0.15) is 0 Å². The smallest absolute Gasteiger partial charge is 0.353 e. The maximum absolute atomic E-state index is 13.0. The minimum absolute atomic E-state index is 0.249. The topological polar surface area (TPSA) is 110 Å². The van der Waals surface area contributed by atoms with Crippen molar-refractivity contribution in [2.24, 2.45) is 0 Å². The number of aliphatic carboxylic acids is 1. The lowest BCUT2D eigenvalue weighted by Crippen LogP contribution is -2.28. The van der Waals surface area contributed by atoms with Crippen LogP contribution in [0.1, 0.15) is 40.6 Å². The van der Waals surface area contributed by atoms with Crippen LogP contribution in [0.5, 0.6) is 0 Å². The van der Waals surface area contributed by atoms with E-state index in [2.05, 4.69) is 15.9 Å². The highest BCUT2D eigenvalue weighted by atomic mass is 79.9. The molecule has 8 heteroatoms. The standard InChI is InChI=1S/C25H21BrO7/c1-15-7-9-16(10-8-15)20(27)24(30)33-22(18-11-13-19(26)14-12-18)25(31)32-21(23(28)29)17-5-3-2-4-6-17/h2-14,20-22,27H,1H3,(H,28,29). The lowest BCUT2D eigenvalue weighted by Gasteiger charge is -2.22. The third-order valence-electron chi connectivity index (χ3n) is 4.80. The molecule has 0 aliphatic heterocycles. The summed E-state index contributed by atoms with van der Waals surface area (Å²) in [7, 11) is 0. The fourth-order valence-electron chi connectivity index (χ4n) is 3.02. The number of rotatable bonds is 8. The zero-order valence-electron chi connectivity index (χ0n) is 17.6. The number of aliphatic hydroxyl groups excluding tert-OH is 1. The summed E-state index contributed by atoms with van der Waals surface area (Å²) in [4.78, 5) is 37.4. The van der Waals surface area contributed by atoms with E-state index >= 15 is 0 Å². The Hall–Kier alpha value is -3.49. The van der Waals surface area contributed by atoms with Gasteiger partial charge in [0.15, 0.2) is 6.10 Å². The molecule has 2 N–H and O–H groups in total. The second kappa shape index (κ2) is 10.9. The molecule has 0 aliphatic carbocycles. The Kier molecular flexibility index (Phi) is 7.97. The number of halogens is 1. The zero-order valence-corrected chi connectivity index (χ0v) is 19.1. The number of carbonyl (C=O) groups is 3. The van der Waals surface area contributed by atoms with Crippen LogP contribution >= 0.6 is 15.9 Å². The largest absolute Gasteiger partial charge is 0.478 e. The predicted molar refractivity (Wildman–Crippen MR) is 122 cm³/mol. The second-order valence-corrected chi connectivity index (χ2v) is 8.16. The van der Waals surface area contributed by atoms with Gasteiger partial charge in [-0.15, -0.1) is 0 Å². The van der Waals surface area contributed by atoms with Crippen LogP contribution in [-0.4, -0.2) is 28.1 Å². The third kappa shape index (κ3) is 6.27. The summed E-state index contributed by atoms with van der Waals surface area (Å²) >= 11 is 3.29. The van der Waals surface area contributed by atoms with Gasteiger partial charge >= 0.3 is 17.9 Å². The summed E-state index contributed by atoms with van der Waals surface area (Å²) < 4.78 is 11.3. The monoisotopic (exact) mass is 512 g/mol. The molecule has 0 fully saturated rings. The molecule has 3 unspecified atom stereocenters. The fourth-order valence-corrected chi connectivity index (χ4v) is 3.29. The number of carboxylic acid groups (broad SMARTS) is 1. The van der Waals surface area contributed by atoms with Crippen molar-refractivity contribution in [2.45, 2.75) is 25.2 Å². The first kappa shape index (κ1) is 24.2. The van der Waals surface area contributed by atoms with Crippen LogP contribution in [0.15, 0.2) is 83.3 Å². The first-order valence-corrected chi connectivity index (χ1v) is 10.7. The summed E-state index contributed by atoms with van der Waals surface area (Å²) in [6, 6.07) is 20.9. The number of hydrogen-bond acceptors (Lipinski definition) is 6. The molecule has 3 atom stereocenters.